The number of hydrogen-bond donors (Lipinski definition) is 2. The second kappa shape index (κ2) is 7.26. The number of amides is 3. The number of carbonyl (C=O) groups is 3. The van der Waals surface area contributed by atoms with Gasteiger partial charge in [-0.05, 0) is 12.8 Å². The smallest absolute Gasteiger partial charge is 0.326 e. The maximum atomic E-state index is 11.9. The molecule has 118 valence electrons. The summed E-state index contributed by atoms with van der Waals surface area (Å²) in [5.41, 5.74) is 0. The average Bonchev–Trinajstić information content (AvgIpc) is 2.97. The van der Waals surface area contributed by atoms with Gasteiger partial charge in [0.15, 0.2) is 0 Å². The van der Waals surface area contributed by atoms with Crippen molar-refractivity contribution in [2.45, 2.75) is 25.3 Å². The Kier molecular flexibility index (Phi) is 5.38. The molecule has 8 heteroatoms. The normalized spacial score (nSPS) is 22.2. The predicted octanol–water partition coefficient (Wildman–Crippen LogP) is -0.506. The van der Waals surface area contributed by atoms with E-state index >= 15 is 0 Å². The number of morpholine rings is 1. The van der Waals surface area contributed by atoms with Gasteiger partial charge in [0.05, 0.1) is 13.2 Å². The maximum absolute atomic E-state index is 11.9. The Morgan fingerprint density at radius 2 is 1.90 bits per heavy atom. The second-order valence-corrected chi connectivity index (χ2v) is 5.16. The van der Waals surface area contributed by atoms with Crippen LogP contribution in [0.15, 0.2) is 0 Å². The molecule has 8 nitrogen and oxygen atoms in total. The summed E-state index contributed by atoms with van der Waals surface area (Å²) in [6.07, 6.45) is 1.39. The first kappa shape index (κ1) is 15.6. The van der Waals surface area contributed by atoms with E-state index in [1.807, 2.05) is 0 Å². The van der Waals surface area contributed by atoms with Crippen LogP contribution in [-0.2, 0) is 14.3 Å². The first-order chi connectivity index (χ1) is 10.1. The molecular weight excluding hydrogens is 278 g/mol. The molecule has 0 unspecified atom stereocenters. The SMILES string of the molecule is O=C(O)[C@H]1CCCN1C(=O)NCCC(=O)N1CCOCC1. The molecule has 2 heterocycles. The Bertz CT molecular complexity index is 409. The number of urea groups is 1. The fraction of sp³-hybridized carbons (Fsp3) is 0.769. The molecule has 0 spiro atoms. The Labute approximate surface area is 123 Å². The molecule has 3 amide bonds. The summed E-state index contributed by atoms with van der Waals surface area (Å²) in [6, 6.07) is -1.16. The standard InChI is InChI=1S/C13H21N3O5/c17-11(15-6-8-21-9-7-15)3-4-14-13(20)16-5-1-2-10(16)12(18)19/h10H,1-9H2,(H,14,20)(H,18,19)/t10-/m1/s1. The van der Waals surface area contributed by atoms with E-state index in [0.717, 1.165) is 0 Å². The van der Waals surface area contributed by atoms with Crippen LogP contribution in [0.5, 0.6) is 0 Å². The Morgan fingerprint density at radius 1 is 1.19 bits per heavy atom. The number of nitrogens with one attached hydrogen (secondary N) is 1. The summed E-state index contributed by atoms with van der Waals surface area (Å²) < 4.78 is 5.17. The molecule has 0 bridgehead atoms. The van der Waals surface area contributed by atoms with Gasteiger partial charge in [-0.1, -0.05) is 0 Å². The van der Waals surface area contributed by atoms with Gasteiger partial charge < -0.3 is 25.0 Å². The summed E-state index contributed by atoms with van der Waals surface area (Å²) >= 11 is 0. The lowest BCUT2D eigenvalue weighted by atomic mass is 10.2. The fourth-order valence-corrected chi connectivity index (χ4v) is 2.62. The van der Waals surface area contributed by atoms with Crippen LogP contribution in [0.25, 0.3) is 0 Å². The molecule has 2 rings (SSSR count). The minimum Gasteiger partial charge on any atom is -0.480 e. The number of rotatable bonds is 4. The van der Waals surface area contributed by atoms with Gasteiger partial charge in [0, 0.05) is 32.6 Å². The maximum Gasteiger partial charge on any atom is 0.326 e. The van der Waals surface area contributed by atoms with Crippen molar-refractivity contribution in [2.75, 3.05) is 39.4 Å². The van der Waals surface area contributed by atoms with Gasteiger partial charge in [0.2, 0.25) is 5.91 Å². The van der Waals surface area contributed by atoms with Crippen LogP contribution in [-0.4, -0.2) is 78.2 Å². The lowest BCUT2D eigenvalue weighted by Gasteiger charge is -2.27. The number of carboxylic acid groups (broad SMARTS) is 1. The molecule has 1 atom stereocenters. The van der Waals surface area contributed by atoms with E-state index in [-0.39, 0.29) is 18.9 Å². The van der Waals surface area contributed by atoms with Crippen LogP contribution in [0.3, 0.4) is 0 Å². The third-order valence-electron chi connectivity index (χ3n) is 3.78. The van der Waals surface area contributed by atoms with E-state index in [4.69, 9.17) is 9.84 Å². The monoisotopic (exact) mass is 299 g/mol. The predicted molar refractivity (Wildman–Crippen MR) is 72.8 cm³/mol. The molecule has 0 radical (unpaired) electrons. The molecule has 0 aromatic rings. The highest BCUT2D eigenvalue weighted by molar-refractivity contribution is 5.83. The van der Waals surface area contributed by atoms with Crippen molar-refractivity contribution in [1.82, 2.24) is 15.1 Å². The largest absolute Gasteiger partial charge is 0.480 e. The summed E-state index contributed by atoms with van der Waals surface area (Å²) in [6.45, 7) is 2.93. The number of likely N-dealkylation sites (tertiary alicyclic amines) is 1. The first-order valence-corrected chi connectivity index (χ1v) is 7.22. The Morgan fingerprint density at radius 3 is 2.57 bits per heavy atom. The number of hydrogen-bond acceptors (Lipinski definition) is 4. The Hall–Kier alpha value is -1.83. The number of carbonyl (C=O) groups excluding carboxylic acids is 2. The average molecular weight is 299 g/mol. The van der Waals surface area contributed by atoms with E-state index in [1.54, 1.807) is 4.90 Å². The zero-order valence-electron chi connectivity index (χ0n) is 11.9. The lowest BCUT2D eigenvalue weighted by molar-refractivity contribution is -0.141. The molecule has 2 N–H and O–H groups in total. The van der Waals surface area contributed by atoms with Gasteiger partial charge in [-0.2, -0.15) is 0 Å². The molecular formula is C13H21N3O5. The van der Waals surface area contributed by atoms with E-state index in [2.05, 4.69) is 5.32 Å². The molecule has 0 aromatic heterocycles. The third-order valence-corrected chi connectivity index (χ3v) is 3.78. The highest BCUT2D eigenvalue weighted by atomic mass is 16.5. The zero-order chi connectivity index (χ0) is 15.2. The molecule has 0 aromatic carbocycles. The van der Waals surface area contributed by atoms with Crippen molar-refractivity contribution in [1.29, 1.82) is 0 Å². The lowest BCUT2D eigenvalue weighted by Crippen LogP contribution is -2.47. The van der Waals surface area contributed by atoms with Crippen molar-refractivity contribution >= 4 is 17.9 Å². The molecule has 0 aliphatic carbocycles. The van der Waals surface area contributed by atoms with Crippen molar-refractivity contribution in [3.63, 3.8) is 0 Å². The second-order valence-electron chi connectivity index (χ2n) is 5.16. The molecule has 2 aliphatic rings. The summed E-state index contributed by atoms with van der Waals surface area (Å²) in [5, 5.41) is 11.6. The third kappa shape index (κ3) is 4.07. The summed E-state index contributed by atoms with van der Waals surface area (Å²) in [4.78, 5) is 37.9. The van der Waals surface area contributed by atoms with Crippen LogP contribution in [0, 0.1) is 0 Å². The van der Waals surface area contributed by atoms with E-state index in [0.29, 0.717) is 45.7 Å². The van der Waals surface area contributed by atoms with E-state index in [9.17, 15) is 14.4 Å². The first-order valence-electron chi connectivity index (χ1n) is 7.22. The Balaban J connectivity index is 1.71. The van der Waals surface area contributed by atoms with Crippen LogP contribution in [0.4, 0.5) is 4.79 Å². The molecule has 21 heavy (non-hydrogen) atoms. The zero-order valence-corrected chi connectivity index (χ0v) is 11.9. The van der Waals surface area contributed by atoms with Crippen LogP contribution in [0.1, 0.15) is 19.3 Å². The molecule has 2 aliphatic heterocycles. The number of aliphatic carboxylic acids is 1. The van der Waals surface area contributed by atoms with Crippen LogP contribution in [0.2, 0.25) is 0 Å². The van der Waals surface area contributed by atoms with Gasteiger partial charge in [0.25, 0.3) is 0 Å². The number of carboxylic acids is 1. The highest BCUT2D eigenvalue weighted by Crippen LogP contribution is 2.17. The van der Waals surface area contributed by atoms with Crippen molar-refractivity contribution in [3.05, 3.63) is 0 Å². The van der Waals surface area contributed by atoms with E-state index in [1.165, 1.54) is 4.90 Å². The quantitative estimate of drug-likeness (QED) is 0.728. The molecule has 2 saturated heterocycles. The van der Waals surface area contributed by atoms with Gasteiger partial charge >= 0.3 is 12.0 Å². The van der Waals surface area contributed by atoms with Crippen molar-refractivity contribution in [3.8, 4) is 0 Å². The minimum atomic E-state index is -0.980. The van der Waals surface area contributed by atoms with Crippen molar-refractivity contribution < 1.29 is 24.2 Å². The van der Waals surface area contributed by atoms with Crippen LogP contribution >= 0.6 is 0 Å². The van der Waals surface area contributed by atoms with Gasteiger partial charge in [0.1, 0.15) is 6.04 Å². The van der Waals surface area contributed by atoms with Gasteiger partial charge in [-0.3, -0.25) is 4.79 Å². The van der Waals surface area contributed by atoms with Crippen LogP contribution < -0.4 is 5.32 Å². The molecule has 2 fully saturated rings. The number of nitrogens with zero attached hydrogens (tertiary/aromatic N) is 2. The molecule has 0 saturated carbocycles. The fourth-order valence-electron chi connectivity index (χ4n) is 2.62. The van der Waals surface area contributed by atoms with Crippen molar-refractivity contribution in [2.24, 2.45) is 0 Å². The van der Waals surface area contributed by atoms with E-state index < -0.39 is 18.0 Å². The summed E-state index contributed by atoms with van der Waals surface area (Å²) in [5.74, 6) is -0.998. The topological polar surface area (TPSA) is 99.2 Å². The summed E-state index contributed by atoms with van der Waals surface area (Å²) in [7, 11) is 0. The van der Waals surface area contributed by atoms with Gasteiger partial charge in [-0.15, -0.1) is 0 Å². The number of ether oxygens (including phenoxy) is 1. The highest BCUT2D eigenvalue weighted by Gasteiger charge is 2.33. The minimum absolute atomic E-state index is 0.0187. The van der Waals surface area contributed by atoms with Gasteiger partial charge in [-0.25, -0.2) is 9.59 Å².